The number of anilines is 1. The van der Waals surface area contributed by atoms with Gasteiger partial charge in [-0.15, -0.1) is 0 Å². The largest absolute Gasteiger partial charge is 0.368 e. The topological polar surface area (TPSA) is 77.8 Å². The smallest absolute Gasteiger partial charge is 0.219 e. The Morgan fingerprint density at radius 3 is 2.56 bits per heavy atom. The molecule has 0 aliphatic carbocycles. The molecule has 18 heavy (non-hydrogen) atoms. The summed E-state index contributed by atoms with van der Waals surface area (Å²) >= 11 is 0. The maximum absolute atomic E-state index is 5.47. The highest BCUT2D eigenvalue weighted by Crippen LogP contribution is 2.30. The second-order valence-electron chi connectivity index (χ2n) is 4.32. The lowest BCUT2D eigenvalue weighted by Crippen LogP contribution is -1.93. The van der Waals surface area contributed by atoms with Crippen LogP contribution in [-0.2, 0) is 0 Å². The van der Waals surface area contributed by atoms with Crippen molar-refractivity contribution in [1.29, 1.82) is 0 Å². The van der Waals surface area contributed by atoms with Gasteiger partial charge in [-0.05, 0) is 31.0 Å². The van der Waals surface area contributed by atoms with Crippen LogP contribution in [0.4, 0.5) is 5.95 Å². The highest BCUT2D eigenvalue weighted by atomic mass is 16.5. The third kappa shape index (κ3) is 1.60. The SMILES string of the molecule is Cc1cc(C)c2onc(-c3cnc(N)nc3)c2c1. The van der Waals surface area contributed by atoms with Crippen molar-refractivity contribution in [3.8, 4) is 11.3 Å². The monoisotopic (exact) mass is 240 g/mol. The van der Waals surface area contributed by atoms with Crippen LogP contribution in [0.5, 0.6) is 0 Å². The first-order valence-corrected chi connectivity index (χ1v) is 5.59. The Bertz CT molecular complexity index is 716. The van der Waals surface area contributed by atoms with Crippen molar-refractivity contribution in [1.82, 2.24) is 15.1 Å². The van der Waals surface area contributed by atoms with E-state index in [-0.39, 0.29) is 5.95 Å². The van der Waals surface area contributed by atoms with E-state index in [1.165, 1.54) is 5.56 Å². The number of hydrogen-bond donors (Lipinski definition) is 1. The van der Waals surface area contributed by atoms with Gasteiger partial charge in [-0.2, -0.15) is 0 Å². The number of aromatic nitrogens is 3. The van der Waals surface area contributed by atoms with E-state index < -0.39 is 0 Å². The quantitative estimate of drug-likeness (QED) is 0.707. The zero-order valence-electron chi connectivity index (χ0n) is 10.1. The van der Waals surface area contributed by atoms with Gasteiger partial charge in [0.1, 0.15) is 5.69 Å². The number of aryl methyl sites for hydroxylation is 2. The Morgan fingerprint density at radius 1 is 1.11 bits per heavy atom. The Hall–Kier alpha value is -2.43. The van der Waals surface area contributed by atoms with Gasteiger partial charge in [-0.1, -0.05) is 11.2 Å². The molecule has 3 aromatic rings. The molecule has 5 nitrogen and oxygen atoms in total. The predicted octanol–water partition coefficient (Wildman–Crippen LogP) is 2.48. The molecule has 0 amide bonds. The van der Waals surface area contributed by atoms with Crippen molar-refractivity contribution in [3.05, 3.63) is 35.7 Å². The summed E-state index contributed by atoms with van der Waals surface area (Å²) in [6.45, 7) is 4.05. The van der Waals surface area contributed by atoms with E-state index in [2.05, 4.69) is 21.2 Å². The van der Waals surface area contributed by atoms with Crippen LogP contribution in [0.2, 0.25) is 0 Å². The Balaban J connectivity index is 2.27. The number of fused-ring (bicyclic) bond motifs is 1. The van der Waals surface area contributed by atoms with Gasteiger partial charge in [-0.3, -0.25) is 0 Å². The summed E-state index contributed by atoms with van der Waals surface area (Å²) in [4.78, 5) is 7.94. The summed E-state index contributed by atoms with van der Waals surface area (Å²) in [5.74, 6) is 0.249. The molecule has 5 heteroatoms. The molecule has 0 aliphatic heterocycles. The summed E-state index contributed by atoms with van der Waals surface area (Å²) in [5.41, 5.74) is 10.1. The van der Waals surface area contributed by atoms with E-state index in [1.807, 2.05) is 19.9 Å². The summed E-state index contributed by atoms with van der Waals surface area (Å²) < 4.78 is 5.38. The first-order chi connectivity index (χ1) is 8.65. The van der Waals surface area contributed by atoms with Gasteiger partial charge in [0, 0.05) is 18.0 Å². The molecule has 2 N–H and O–H groups in total. The number of rotatable bonds is 1. The van der Waals surface area contributed by atoms with E-state index in [0.29, 0.717) is 0 Å². The zero-order chi connectivity index (χ0) is 12.7. The van der Waals surface area contributed by atoms with Gasteiger partial charge in [0.05, 0.1) is 5.39 Å². The standard InChI is InChI=1S/C13H12N4O/c1-7-3-8(2)12-10(4-7)11(17-18-12)9-5-15-13(14)16-6-9/h3-6H,1-2H3,(H2,14,15,16). The summed E-state index contributed by atoms with van der Waals surface area (Å²) in [5, 5.41) is 5.07. The van der Waals surface area contributed by atoms with Gasteiger partial charge in [0.15, 0.2) is 5.58 Å². The van der Waals surface area contributed by atoms with Crippen molar-refractivity contribution in [2.45, 2.75) is 13.8 Å². The number of hydrogen-bond acceptors (Lipinski definition) is 5. The second kappa shape index (κ2) is 3.80. The molecule has 3 rings (SSSR count). The lowest BCUT2D eigenvalue weighted by Gasteiger charge is -1.99. The molecular weight excluding hydrogens is 228 g/mol. The van der Waals surface area contributed by atoms with E-state index in [4.69, 9.17) is 10.3 Å². The minimum atomic E-state index is 0.249. The van der Waals surface area contributed by atoms with Crippen LogP contribution in [0, 0.1) is 13.8 Å². The van der Waals surface area contributed by atoms with E-state index >= 15 is 0 Å². The number of benzene rings is 1. The Kier molecular flexibility index (Phi) is 2.26. The first kappa shape index (κ1) is 10.7. The van der Waals surface area contributed by atoms with Crippen molar-refractivity contribution in [2.24, 2.45) is 0 Å². The maximum atomic E-state index is 5.47. The van der Waals surface area contributed by atoms with Gasteiger partial charge < -0.3 is 10.3 Å². The minimum absolute atomic E-state index is 0.249. The normalized spacial score (nSPS) is 11.0. The van der Waals surface area contributed by atoms with Crippen LogP contribution in [0.15, 0.2) is 29.0 Å². The highest BCUT2D eigenvalue weighted by molar-refractivity contribution is 5.93. The fraction of sp³-hybridized carbons (Fsp3) is 0.154. The fourth-order valence-electron chi connectivity index (χ4n) is 2.06. The van der Waals surface area contributed by atoms with E-state index in [9.17, 15) is 0 Å². The molecule has 0 unspecified atom stereocenters. The van der Waals surface area contributed by atoms with Crippen LogP contribution in [0.3, 0.4) is 0 Å². The van der Waals surface area contributed by atoms with Gasteiger partial charge in [0.25, 0.3) is 0 Å². The molecular formula is C13H12N4O. The molecule has 2 aromatic heterocycles. The summed E-state index contributed by atoms with van der Waals surface area (Å²) in [6, 6.07) is 4.11. The zero-order valence-corrected chi connectivity index (χ0v) is 10.1. The summed E-state index contributed by atoms with van der Waals surface area (Å²) in [6.07, 6.45) is 3.30. The third-order valence-corrected chi connectivity index (χ3v) is 2.85. The summed E-state index contributed by atoms with van der Waals surface area (Å²) in [7, 11) is 0. The van der Waals surface area contributed by atoms with Crippen LogP contribution < -0.4 is 5.73 Å². The van der Waals surface area contributed by atoms with Crippen molar-refractivity contribution in [2.75, 3.05) is 5.73 Å². The molecule has 0 aliphatic rings. The van der Waals surface area contributed by atoms with E-state index in [1.54, 1.807) is 12.4 Å². The number of nitrogen functional groups attached to an aromatic ring is 1. The molecule has 90 valence electrons. The molecule has 0 radical (unpaired) electrons. The second-order valence-corrected chi connectivity index (χ2v) is 4.32. The lowest BCUT2D eigenvalue weighted by atomic mass is 10.1. The Labute approximate surface area is 104 Å². The average molecular weight is 240 g/mol. The van der Waals surface area contributed by atoms with Crippen molar-refractivity contribution in [3.63, 3.8) is 0 Å². The van der Waals surface area contributed by atoms with Gasteiger partial charge in [0.2, 0.25) is 5.95 Å². The average Bonchev–Trinajstić information content (AvgIpc) is 2.74. The Morgan fingerprint density at radius 2 is 1.83 bits per heavy atom. The van der Waals surface area contributed by atoms with E-state index in [0.717, 1.165) is 27.8 Å². The van der Waals surface area contributed by atoms with Crippen LogP contribution in [0.1, 0.15) is 11.1 Å². The minimum Gasteiger partial charge on any atom is -0.368 e. The lowest BCUT2D eigenvalue weighted by molar-refractivity contribution is 0.458. The molecule has 0 bridgehead atoms. The van der Waals surface area contributed by atoms with Crippen molar-refractivity contribution < 1.29 is 4.52 Å². The maximum Gasteiger partial charge on any atom is 0.219 e. The number of nitrogens with zero attached hydrogens (tertiary/aromatic N) is 3. The first-order valence-electron chi connectivity index (χ1n) is 5.59. The molecule has 0 saturated carbocycles. The van der Waals surface area contributed by atoms with Gasteiger partial charge >= 0.3 is 0 Å². The highest BCUT2D eigenvalue weighted by Gasteiger charge is 2.13. The molecule has 0 spiro atoms. The molecule has 0 fully saturated rings. The van der Waals surface area contributed by atoms with Gasteiger partial charge in [-0.25, -0.2) is 9.97 Å². The molecule has 0 atom stereocenters. The third-order valence-electron chi connectivity index (χ3n) is 2.85. The fourth-order valence-corrected chi connectivity index (χ4v) is 2.06. The van der Waals surface area contributed by atoms with Crippen LogP contribution in [-0.4, -0.2) is 15.1 Å². The number of nitrogens with two attached hydrogens (primary N) is 1. The molecule has 1 aromatic carbocycles. The predicted molar refractivity (Wildman–Crippen MR) is 68.9 cm³/mol. The van der Waals surface area contributed by atoms with Crippen molar-refractivity contribution >= 4 is 16.9 Å². The van der Waals surface area contributed by atoms with Crippen LogP contribution >= 0.6 is 0 Å². The van der Waals surface area contributed by atoms with Crippen LogP contribution in [0.25, 0.3) is 22.2 Å². The molecule has 0 saturated heterocycles. The molecule has 2 heterocycles.